The van der Waals surface area contributed by atoms with E-state index in [0.29, 0.717) is 0 Å². The zero-order valence-corrected chi connectivity index (χ0v) is 20.3. The van der Waals surface area contributed by atoms with Crippen molar-refractivity contribution in [1.29, 1.82) is 0 Å². The van der Waals surface area contributed by atoms with Crippen molar-refractivity contribution in [3.05, 3.63) is 84.9 Å². The molecule has 0 amide bonds. The van der Waals surface area contributed by atoms with Crippen molar-refractivity contribution in [2.45, 2.75) is 13.1 Å². The van der Waals surface area contributed by atoms with Gasteiger partial charge in [0.25, 0.3) is 0 Å². The Bertz CT molecular complexity index is 736. The fourth-order valence-electron chi connectivity index (χ4n) is 2.14. The molecular formula is C22H28ClNSiZr. The molecule has 0 unspecified atom stereocenters. The van der Waals surface area contributed by atoms with Crippen molar-refractivity contribution in [1.82, 2.24) is 5.32 Å². The minimum absolute atomic E-state index is 0. The molecule has 0 aliphatic rings. The largest absolute Gasteiger partial charge is 0.168 e. The first-order valence-electron chi connectivity index (χ1n) is 8.39. The van der Waals surface area contributed by atoms with E-state index < -0.39 is 0 Å². The summed E-state index contributed by atoms with van der Waals surface area (Å²) in [4.78, 5) is 0. The van der Waals surface area contributed by atoms with Crippen LogP contribution in [0.3, 0.4) is 0 Å². The van der Waals surface area contributed by atoms with Gasteiger partial charge in [-0.25, -0.2) is 0 Å². The first kappa shape index (κ1) is 25.0. The molecule has 0 spiro atoms. The standard InChI is InChI=1S/2C9H7.C2H7N.C2H6Si.ClH.Zr/c2*1-2-5-9-7-3-6-8(9)4-1;2*1-3-2;;/h2*1-7H;3H,1-2H3;1-2H3;1H;/q2*-1;;;;+2. The molecule has 26 heavy (non-hydrogen) atoms. The van der Waals surface area contributed by atoms with Crippen LogP contribution < -0.4 is 5.32 Å². The Labute approximate surface area is 179 Å². The summed E-state index contributed by atoms with van der Waals surface area (Å²) in [5.41, 5.74) is 0.210. The maximum atomic E-state index is 2.75. The van der Waals surface area contributed by atoms with E-state index in [1.54, 1.807) is 23.3 Å². The van der Waals surface area contributed by atoms with Crippen molar-refractivity contribution in [2.75, 3.05) is 14.1 Å². The Hall–Kier alpha value is -0.990. The molecule has 0 radical (unpaired) electrons. The van der Waals surface area contributed by atoms with Gasteiger partial charge in [-0.1, -0.05) is 12.1 Å². The Morgan fingerprint density at radius 2 is 1.04 bits per heavy atom. The van der Waals surface area contributed by atoms with E-state index in [1.165, 1.54) is 21.5 Å². The Morgan fingerprint density at radius 1 is 0.731 bits per heavy atom. The van der Waals surface area contributed by atoms with Crippen LogP contribution in [-0.4, -0.2) is 19.5 Å². The second-order valence-corrected chi connectivity index (χ2v) is 15.2. The molecule has 0 heterocycles. The normalized spacial score (nSPS) is 8.85. The monoisotopic (exact) mass is 459 g/mol. The van der Waals surface area contributed by atoms with Crippen LogP contribution >= 0.6 is 12.4 Å². The third-order valence-electron chi connectivity index (χ3n) is 3.10. The van der Waals surface area contributed by atoms with Gasteiger partial charge >= 0.3 is 41.9 Å². The zero-order chi connectivity index (χ0) is 18.5. The van der Waals surface area contributed by atoms with Gasteiger partial charge in [-0.05, 0) is 14.1 Å². The molecule has 0 aliphatic heterocycles. The van der Waals surface area contributed by atoms with Gasteiger partial charge in [0, 0.05) is 0 Å². The van der Waals surface area contributed by atoms with Crippen LogP contribution in [-0.2, 0) is 23.3 Å². The van der Waals surface area contributed by atoms with E-state index in [2.05, 4.69) is 103 Å². The molecule has 0 bridgehead atoms. The average molecular weight is 461 g/mol. The first-order valence-corrected chi connectivity index (χ1v) is 14.6. The van der Waals surface area contributed by atoms with Gasteiger partial charge in [-0.2, -0.15) is 35.0 Å². The van der Waals surface area contributed by atoms with Crippen LogP contribution in [0.2, 0.25) is 13.1 Å². The number of halogens is 1. The molecule has 0 saturated heterocycles. The zero-order valence-electron chi connectivity index (χ0n) is 16.0. The Balaban J connectivity index is 0.000000350. The van der Waals surface area contributed by atoms with E-state index in [1.807, 2.05) is 14.1 Å². The van der Waals surface area contributed by atoms with Crippen molar-refractivity contribution >= 4 is 39.4 Å². The molecule has 4 heteroatoms. The Morgan fingerprint density at radius 3 is 1.35 bits per heavy atom. The van der Waals surface area contributed by atoms with E-state index in [0.717, 1.165) is 0 Å². The molecule has 4 rings (SSSR count). The third-order valence-corrected chi connectivity index (χ3v) is 3.10. The quantitative estimate of drug-likeness (QED) is 0.245. The smallest absolute Gasteiger partial charge is 0.0809 e. The fraction of sp³-hybridized carbons (Fsp3) is 0.182. The second kappa shape index (κ2) is 15.1. The number of hydrogen-bond donors (Lipinski definition) is 1. The van der Waals surface area contributed by atoms with E-state index in [9.17, 15) is 0 Å². The summed E-state index contributed by atoms with van der Waals surface area (Å²) < 4.78 is 0. The van der Waals surface area contributed by atoms with Crippen LogP contribution in [0.15, 0.2) is 84.9 Å². The number of nitrogens with one attached hydrogen (secondary N) is 1. The molecule has 1 nitrogen and oxygen atoms in total. The summed E-state index contributed by atoms with van der Waals surface area (Å²) in [7, 11) is 3.75. The molecule has 0 aromatic heterocycles. The molecular weight excluding hydrogens is 433 g/mol. The first-order chi connectivity index (χ1) is 12.1. The fourth-order valence-corrected chi connectivity index (χ4v) is 2.14. The van der Waals surface area contributed by atoms with Gasteiger partial charge in [0.1, 0.15) is 0 Å². The molecule has 4 aromatic carbocycles. The number of hydrogen-bond acceptors (Lipinski definition) is 1. The van der Waals surface area contributed by atoms with Crippen LogP contribution in [0, 0.1) is 0 Å². The SMILES string of the molecule is CNC.C[Si](C)=[Zr+2].Cl.c1ccc2[cH-]ccc2c1.c1ccc2[cH-]ccc2c1. The molecule has 4 aromatic rings. The number of fused-ring (bicyclic) bond motifs is 2. The molecule has 0 atom stereocenters. The van der Waals surface area contributed by atoms with E-state index in [4.69, 9.17) is 0 Å². The molecule has 1 N–H and O–H groups in total. The topological polar surface area (TPSA) is 12.0 Å². The molecule has 0 aliphatic carbocycles. The Kier molecular flexibility index (Phi) is 14.5. The van der Waals surface area contributed by atoms with Crippen molar-refractivity contribution in [2.24, 2.45) is 0 Å². The maximum Gasteiger partial charge on any atom is -0.0809 e. The summed E-state index contributed by atoms with van der Waals surface area (Å²) in [6.45, 7) is 4.62. The van der Waals surface area contributed by atoms with Crippen molar-refractivity contribution in [3.8, 4) is 0 Å². The summed E-state index contributed by atoms with van der Waals surface area (Å²) in [5, 5.41) is 8.07. The minimum Gasteiger partial charge on any atom is -0.168 e. The predicted molar refractivity (Wildman–Crippen MR) is 119 cm³/mol. The van der Waals surface area contributed by atoms with Crippen LogP contribution in [0.25, 0.3) is 21.5 Å². The second-order valence-electron chi connectivity index (χ2n) is 5.81. The average Bonchev–Trinajstić information content (AvgIpc) is 3.24. The minimum atomic E-state index is 0. The van der Waals surface area contributed by atoms with Crippen molar-refractivity contribution < 1.29 is 23.3 Å². The molecule has 0 saturated carbocycles. The summed E-state index contributed by atoms with van der Waals surface area (Å²) in [6.07, 6.45) is 0. The summed E-state index contributed by atoms with van der Waals surface area (Å²) in [6, 6.07) is 29.3. The van der Waals surface area contributed by atoms with Gasteiger partial charge < -0.3 is 5.32 Å². The number of benzene rings is 2. The van der Waals surface area contributed by atoms with Gasteiger partial charge in [-0.3, -0.25) is 0 Å². The van der Waals surface area contributed by atoms with Crippen molar-refractivity contribution in [3.63, 3.8) is 0 Å². The van der Waals surface area contributed by atoms with Crippen LogP contribution in [0.5, 0.6) is 0 Å². The number of rotatable bonds is 0. The van der Waals surface area contributed by atoms with Gasteiger partial charge in [0.05, 0.1) is 0 Å². The van der Waals surface area contributed by atoms with Gasteiger partial charge in [0.2, 0.25) is 0 Å². The van der Waals surface area contributed by atoms with E-state index in [-0.39, 0.29) is 17.8 Å². The van der Waals surface area contributed by atoms with Gasteiger partial charge in [0.15, 0.2) is 0 Å². The molecule has 136 valence electrons. The predicted octanol–water partition coefficient (Wildman–Crippen LogP) is 6.16. The van der Waals surface area contributed by atoms with Gasteiger partial charge in [-0.15, -0.1) is 71.7 Å². The third kappa shape index (κ3) is 10.2. The maximum absolute atomic E-state index is 2.75. The summed E-state index contributed by atoms with van der Waals surface area (Å²) in [5.74, 6) is 0. The van der Waals surface area contributed by atoms with Crippen LogP contribution in [0.1, 0.15) is 0 Å². The summed E-state index contributed by atoms with van der Waals surface area (Å²) >= 11 is 1.74. The molecule has 0 fully saturated rings. The van der Waals surface area contributed by atoms with E-state index >= 15 is 0 Å². The van der Waals surface area contributed by atoms with Crippen LogP contribution in [0.4, 0.5) is 0 Å².